The molecule has 2 heterocycles. The van der Waals surface area contributed by atoms with E-state index < -0.39 is 0 Å². The van der Waals surface area contributed by atoms with Gasteiger partial charge in [-0.3, -0.25) is 9.78 Å². The zero-order valence-electron chi connectivity index (χ0n) is 13.0. The molecule has 2 aromatic rings. The molecule has 1 aromatic heterocycles. The second kappa shape index (κ2) is 6.18. The predicted molar refractivity (Wildman–Crippen MR) is 85.1 cm³/mol. The number of para-hydroxylation sites is 1. The molecule has 1 amide bonds. The zero-order chi connectivity index (χ0) is 15.5. The van der Waals surface area contributed by atoms with E-state index in [0.29, 0.717) is 18.1 Å². The Kier molecular flexibility index (Phi) is 4.09. The minimum Gasteiger partial charge on any atom is -0.493 e. The van der Waals surface area contributed by atoms with E-state index in [2.05, 4.69) is 11.1 Å². The van der Waals surface area contributed by atoms with Crippen molar-refractivity contribution in [2.24, 2.45) is 5.92 Å². The van der Waals surface area contributed by atoms with Crippen LogP contribution in [-0.4, -0.2) is 36.5 Å². The topological polar surface area (TPSA) is 42.4 Å². The van der Waals surface area contributed by atoms with Crippen LogP contribution in [-0.2, 0) is 12.8 Å². The van der Waals surface area contributed by atoms with Crippen molar-refractivity contribution >= 4 is 5.91 Å². The first-order valence-electron chi connectivity index (χ1n) is 7.51. The number of aromatic nitrogens is 1. The lowest BCUT2D eigenvalue weighted by molar-refractivity contribution is 0.0825. The van der Waals surface area contributed by atoms with E-state index in [1.54, 1.807) is 25.2 Å². The fourth-order valence-corrected chi connectivity index (χ4v) is 2.83. The van der Waals surface area contributed by atoms with Gasteiger partial charge in [0.2, 0.25) is 0 Å². The number of carbonyl (C=O) groups is 1. The van der Waals surface area contributed by atoms with Gasteiger partial charge in [-0.2, -0.15) is 0 Å². The van der Waals surface area contributed by atoms with Gasteiger partial charge in [-0.05, 0) is 36.6 Å². The Balaban J connectivity index is 1.79. The summed E-state index contributed by atoms with van der Waals surface area (Å²) < 4.78 is 5.83. The van der Waals surface area contributed by atoms with Crippen LogP contribution in [0.25, 0.3) is 0 Å². The summed E-state index contributed by atoms with van der Waals surface area (Å²) in [5.41, 5.74) is 2.77. The normalized spacial score (nSPS) is 16.5. The number of carbonyl (C=O) groups excluding carboxylic acids is 1. The molecule has 4 nitrogen and oxygen atoms in total. The Hall–Kier alpha value is -2.36. The molecule has 0 N–H and O–H groups in total. The van der Waals surface area contributed by atoms with E-state index in [1.807, 2.05) is 30.3 Å². The van der Waals surface area contributed by atoms with Crippen molar-refractivity contribution in [3.05, 3.63) is 59.4 Å². The third-order valence-corrected chi connectivity index (χ3v) is 3.96. The van der Waals surface area contributed by atoms with Crippen LogP contribution in [0.4, 0.5) is 0 Å². The van der Waals surface area contributed by atoms with Crippen LogP contribution in [0.2, 0.25) is 0 Å². The molecule has 4 heteroatoms. The molecule has 0 saturated carbocycles. The highest BCUT2D eigenvalue weighted by Gasteiger charge is 2.23. The highest BCUT2D eigenvalue weighted by atomic mass is 16.5. The highest BCUT2D eigenvalue weighted by Crippen LogP contribution is 2.28. The molecular formula is C18H20N2O2. The minimum absolute atomic E-state index is 0.000211. The van der Waals surface area contributed by atoms with Gasteiger partial charge in [-0.15, -0.1) is 0 Å². The smallest absolute Gasteiger partial charge is 0.255 e. The molecule has 0 spiro atoms. The molecule has 0 aliphatic carbocycles. The third-order valence-electron chi connectivity index (χ3n) is 3.96. The van der Waals surface area contributed by atoms with Gasteiger partial charge in [0, 0.05) is 26.2 Å². The first-order chi connectivity index (χ1) is 10.6. The molecule has 114 valence electrons. The van der Waals surface area contributed by atoms with E-state index in [0.717, 1.165) is 24.3 Å². The van der Waals surface area contributed by atoms with Crippen LogP contribution < -0.4 is 4.74 Å². The monoisotopic (exact) mass is 296 g/mol. The number of amides is 1. The van der Waals surface area contributed by atoms with Gasteiger partial charge in [-0.25, -0.2) is 0 Å². The van der Waals surface area contributed by atoms with E-state index in [4.69, 9.17) is 4.74 Å². The molecule has 1 aliphatic rings. The van der Waals surface area contributed by atoms with Crippen molar-refractivity contribution in [1.82, 2.24) is 9.88 Å². The molecular weight excluding hydrogens is 276 g/mol. The van der Waals surface area contributed by atoms with Crippen molar-refractivity contribution in [3.63, 3.8) is 0 Å². The first-order valence-corrected chi connectivity index (χ1v) is 7.51. The Morgan fingerprint density at radius 2 is 2.09 bits per heavy atom. The molecule has 22 heavy (non-hydrogen) atoms. The summed E-state index contributed by atoms with van der Waals surface area (Å²) in [6, 6.07) is 11.8. The quantitative estimate of drug-likeness (QED) is 0.874. The average molecular weight is 296 g/mol. The molecule has 0 bridgehead atoms. The van der Waals surface area contributed by atoms with Gasteiger partial charge in [0.05, 0.1) is 17.9 Å². The van der Waals surface area contributed by atoms with E-state index in [9.17, 15) is 4.79 Å². The van der Waals surface area contributed by atoms with E-state index >= 15 is 0 Å². The van der Waals surface area contributed by atoms with Crippen LogP contribution in [0.5, 0.6) is 5.75 Å². The molecule has 1 aromatic carbocycles. The van der Waals surface area contributed by atoms with Crippen LogP contribution in [0.15, 0.2) is 42.6 Å². The highest BCUT2D eigenvalue weighted by molar-refractivity contribution is 5.94. The van der Waals surface area contributed by atoms with Gasteiger partial charge >= 0.3 is 0 Å². The summed E-state index contributed by atoms with van der Waals surface area (Å²) in [4.78, 5) is 18.3. The molecule has 3 rings (SSSR count). The number of benzene rings is 1. The van der Waals surface area contributed by atoms with Gasteiger partial charge in [0.25, 0.3) is 5.91 Å². The van der Waals surface area contributed by atoms with Crippen molar-refractivity contribution in [1.29, 1.82) is 0 Å². The second-order valence-electron chi connectivity index (χ2n) is 5.89. The average Bonchev–Trinajstić information content (AvgIpc) is 2.54. The van der Waals surface area contributed by atoms with Crippen molar-refractivity contribution < 1.29 is 9.53 Å². The number of ether oxygens (including phenoxy) is 1. The molecule has 1 atom stereocenters. The summed E-state index contributed by atoms with van der Waals surface area (Å²) in [7, 11) is 3.53. The Morgan fingerprint density at radius 1 is 1.27 bits per heavy atom. The molecule has 0 unspecified atom stereocenters. The second-order valence-corrected chi connectivity index (χ2v) is 5.89. The first kappa shape index (κ1) is 14.6. The Morgan fingerprint density at radius 3 is 2.91 bits per heavy atom. The SMILES string of the molecule is CN(C)C(=O)c1cccnc1C[C@H]1COc2ccccc2C1. The summed E-state index contributed by atoms with van der Waals surface area (Å²) >= 11 is 0. The maximum absolute atomic E-state index is 12.3. The number of rotatable bonds is 3. The van der Waals surface area contributed by atoms with Crippen LogP contribution in [0, 0.1) is 5.92 Å². The van der Waals surface area contributed by atoms with Gasteiger partial charge in [0.15, 0.2) is 0 Å². The number of fused-ring (bicyclic) bond motifs is 1. The summed E-state index contributed by atoms with van der Waals surface area (Å²) in [5.74, 6) is 1.32. The van der Waals surface area contributed by atoms with E-state index in [1.165, 1.54) is 5.56 Å². The van der Waals surface area contributed by atoms with Crippen molar-refractivity contribution in [2.75, 3.05) is 20.7 Å². The standard InChI is InChI=1S/C18H20N2O2/c1-20(2)18(21)15-7-5-9-19-16(15)11-13-10-14-6-3-4-8-17(14)22-12-13/h3-9,13H,10-12H2,1-2H3/t13-/m0/s1. The van der Waals surface area contributed by atoms with Crippen molar-refractivity contribution in [2.45, 2.75) is 12.8 Å². The van der Waals surface area contributed by atoms with Gasteiger partial charge in [0.1, 0.15) is 5.75 Å². The van der Waals surface area contributed by atoms with Crippen LogP contribution in [0.3, 0.4) is 0 Å². The lowest BCUT2D eigenvalue weighted by Gasteiger charge is -2.25. The van der Waals surface area contributed by atoms with Gasteiger partial charge in [-0.1, -0.05) is 18.2 Å². The van der Waals surface area contributed by atoms with Crippen LogP contribution in [0.1, 0.15) is 21.6 Å². The maximum atomic E-state index is 12.3. The number of pyridine rings is 1. The lowest BCUT2D eigenvalue weighted by Crippen LogP contribution is -2.27. The van der Waals surface area contributed by atoms with Crippen molar-refractivity contribution in [3.8, 4) is 5.75 Å². The maximum Gasteiger partial charge on any atom is 0.255 e. The van der Waals surface area contributed by atoms with Gasteiger partial charge < -0.3 is 9.64 Å². The zero-order valence-corrected chi connectivity index (χ0v) is 13.0. The third kappa shape index (κ3) is 2.96. The number of hydrogen-bond donors (Lipinski definition) is 0. The fraction of sp³-hybridized carbons (Fsp3) is 0.333. The Bertz CT molecular complexity index is 682. The number of hydrogen-bond acceptors (Lipinski definition) is 3. The molecule has 0 radical (unpaired) electrons. The summed E-state index contributed by atoms with van der Waals surface area (Å²) in [5, 5.41) is 0. The number of nitrogens with zero attached hydrogens (tertiary/aromatic N) is 2. The predicted octanol–water partition coefficient (Wildman–Crippen LogP) is 2.58. The molecule has 1 aliphatic heterocycles. The van der Waals surface area contributed by atoms with E-state index in [-0.39, 0.29) is 5.91 Å². The largest absolute Gasteiger partial charge is 0.493 e. The summed E-state index contributed by atoms with van der Waals surface area (Å²) in [6.45, 7) is 0.670. The molecule has 0 fully saturated rings. The lowest BCUT2D eigenvalue weighted by atomic mass is 9.91. The van der Waals surface area contributed by atoms with Crippen LogP contribution >= 0.6 is 0 Å². The minimum atomic E-state index is 0.000211. The molecule has 0 saturated heterocycles. The summed E-state index contributed by atoms with van der Waals surface area (Å²) in [6.07, 6.45) is 3.46. The Labute approximate surface area is 130 Å². The fourth-order valence-electron chi connectivity index (χ4n) is 2.83.